The summed E-state index contributed by atoms with van der Waals surface area (Å²) in [5.74, 6) is 2.14. The highest BCUT2D eigenvalue weighted by Gasteiger charge is 2.20. The molecule has 0 saturated carbocycles. The Kier molecular flexibility index (Phi) is 5.07. The zero-order chi connectivity index (χ0) is 13.7. The van der Waals surface area contributed by atoms with E-state index < -0.39 is 0 Å². The van der Waals surface area contributed by atoms with Crippen LogP contribution in [-0.4, -0.2) is 35.0 Å². The largest absolute Gasteiger partial charge is 0.384 e. The van der Waals surface area contributed by atoms with E-state index in [-0.39, 0.29) is 5.91 Å². The molecule has 2 heterocycles. The van der Waals surface area contributed by atoms with Gasteiger partial charge in [-0.15, -0.1) is 0 Å². The molecule has 1 unspecified atom stereocenters. The predicted octanol–water partition coefficient (Wildman–Crippen LogP) is 2.45. The van der Waals surface area contributed by atoms with Crippen molar-refractivity contribution in [2.24, 2.45) is 0 Å². The lowest BCUT2D eigenvalue weighted by atomic mass is 10.1. The Hall–Kier alpha value is -1.23. The van der Waals surface area contributed by atoms with E-state index in [0.717, 1.165) is 42.3 Å². The molecule has 0 spiro atoms. The molecule has 0 radical (unpaired) electrons. The molecule has 1 aliphatic heterocycles. The number of anilines is 1. The van der Waals surface area contributed by atoms with Crippen LogP contribution in [-0.2, 0) is 0 Å². The first-order valence-corrected chi connectivity index (χ1v) is 7.95. The van der Waals surface area contributed by atoms with Crippen LogP contribution in [0.4, 0.5) is 5.69 Å². The van der Waals surface area contributed by atoms with Crippen LogP contribution in [0.2, 0.25) is 0 Å². The van der Waals surface area contributed by atoms with E-state index in [1.807, 2.05) is 24.8 Å². The molecule has 104 valence electrons. The van der Waals surface area contributed by atoms with Crippen LogP contribution in [0, 0.1) is 6.92 Å². The second kappa shape index (κ2) is 6.80. The molecule has 0 aromatic carbocycles. The molecule has 1 atom stereocenters. The van der Waals surface area contributed by atoms with Crippen LogP contribution in [0.1, 0.15) is 35.8 Å². The van der Waals surface area contributed by atoms with Gasteiger partial charge < -0.3 is 10.6 Å². The van der Waals surface area contributed by atoms with E-state index in [9.17, 15) is 4.79 Å². The van der Waals surface area contributed by atoms with E-state index >= 15 is 0 Å². The minimum absolute atomic E-state index is 0.0152. The first-order valence-electron chi connectivity index (χ1n) is 6.80. The van der Waals surface area contributed by atoms with E-state index in [2.05, 4.69) is 22.5 Å². The smallest absolute Gasteiger partial charge is 0.255 e. The molecule has 0 aliphatic carbocycles. The van der Waals surface area contributed by atoms with Crippen molar-refractivity contribution in [3.8, 4) is 0 Å². The third kappa shape index (κ3) is 3.86. The van der Waals surface area contributed by atoms with Gasteiger partial charge in [-0.25, -0.2) is 0 Å². The molecule has 1 aliphatic rings. The third-order valence-electron chi connectivity index (χ3n) is 3.12. The second-order valence-corrected chi connectivity index (χ2v) is 5.98. The monoisotopic (exact) mass is 279 g/mol. The molecule has 1 amide bonds. The summed E-state index contributed by atoms with van der Waals surface area (Å²) in [7, 11) is 0. The van der Waals surface area contributed by atoms with Crippen LogP contribution in [0.5, 0.6) is 0 Å². The topological polar surface area (TPSA) is 54.0 Å². The van der Waals surface area contributed by atoms with Crippen LogP contribution >= 0.6 is 11.8 Å². The second-order valence-electron chi connectivity index (χ2n) is 4.83. The summed E-state index contributed by atoms with van der Waals surface area (Å²) < 4.78 is 0. The minimum Gasteiger partial charge on any atom is -0.384 e. The van der Waals surface area contributed by atoms with Gasteiger partial charge in [0.25, 0.3) is 5.91 Å². The first kappa shape index (κ1) is 14.2. The number of pyridine rings is 1. The number of amides is 1. The number of thioether (sulfide) groups is 1. The summed E-state index contributed by atoms with van der Waals surface area (Å²) in [5.41, 5.74) is 2.46. The molecular formula is C14H21N3OS. The van der Waals surface area contributed by atoms with Crippen molar-refractivity contribution >= 4 is 23.4 Å². The molecule has 5 heteroatoms. The fourth-order valence-corrected chi connectivity index (χ4v) is 3.21. The van der Waals surface area contributed by atoms with Crippen molar-refractivity contribution in [2.45, 2.75) is 32.7 Å². The molecule has 1 fully saturated rings. The Bertz CT molecular complexity index is 444. The van der Waals surface area contributed by atoms with Crippen molar-refractivity contribution in [1.82, 2.24) is 10.3 Å². The molecule has 4 nitrogen and oxygen atoms in total. The maximum Gasteiger partial charge on any atom is 0.255 e. The van der Waals surface area contributed by atoms with Crippen molar-refractivity contribution in [3.63, 3.8) is 0 Å². The van der Waals surface area contributed by atoms with Gasteiger partial charge in [0.1, 0.15) is 0 Å². The minimum atomic E-state index is -0.0152. The van der Waals surface area contributed by atoms with Crippen molar-refractivity contribution in [1.29, 1.82) is 0 Å². The van der Waals surface area contributed by atoms with Crippen molar-refractivity contribution < 1.29 is 4.79 Å². The van der Waals surface area contributed by atoms with Gasteiger partial charge in [0.05, 0.1) is 11.3 Å². The zero-order valence-electron chi connectivity index (χ0n) is 11.5. The molecule has 2 N–H and O–H groups in total. The number of aryl methyl sites for hydroxylation is 1. The van der Waals surface area contributed by atoms with Gasteiger partial charge in [0.2, 0.25) is 0 Å². The molecule has 1 aromatic rings. The lowest BCUT2D eigenvalue weighted by Crippen LogP contribution is -2.35. The summed E-state index contributed by atoms with van der Waals surface area (Å²) >= 11 is 1.89. The number of nitrogens with one attached hydrogen (secondary N) is 2. The average Bonchev–Trinajstić information content (AvgIpc) is 2.89. The summed E-state index contributed by atoms with van der Waals surface area (Å²) in [6.07, 6.45) is 3.76. The van der Waals surface area contributed by atoms with Gasteiger partial charge >= 0.3 is 0 Å². The molecule has 2 rings (SSSR count). The number of hydrogen-bond acceptors (Lipinski definition) is 4. The quantitative estimate of drug-likeness (QED) is 0.869. The number of aromatic nitrogens is 1. The Balaban J connectivity index is 2.10. The Morgan fingerprint density at radius 3 is 3.11 bits per heavy atom. The lowest BCUT2D eigenvalue weighted by Gasteiger charge is -2.15. The average molecular weight is 279 g/mol. The molecule has 1 saturated heterocycles. The summed E-state index contributed by atoms with van der Waals surface area (Å²) in [6.45, 7) is 4.91. The zero-order valence-corrected chi connectivity index (χ0v) is 12.3. The van der Waals surface area contributed by atoms with E-state index in [0.29, 0.717) is 11.6 Å². The Labute approximate surface area is 118 Å². The number of rotatable bonds is 5. The van der Waals surface area contributed by atoms with Crippen LogP contribution in [0.25, 0.3) is 0 Å². The predicted molar refractivity (Wildman–Crippen MR) is 81.0 cm³/mol. The maximum atomic E-state index is 12.3. The Morgan fingerprint density at radius 1 is 1.58 bits per heavy atom. The highest BCUT2D eigenvalue weighted by Crippen LogP contribution is 2.20. The fourth-order valence-electron chi connectivity index (χ4n) is 2.06. The van der Waals surface area contributed by atoms with Gasteiger partial charge in [0, 0.05) is 30.2 Å². The standard InChI is InChI=1S/C14H21N3OS/c1-3-5-15-13-7-10(2)16-8-12(13)14(18)17-11-4-6-19-9-11/h7-8,11H,3-6,9H2,1-2H3,(H,15,16)(H,17,18). The van der Waals surface area contributed by atoms with Gasteiger partial charge in [0.15, 0.2) is 0 Å². The summed E-state index contributed by atoms with van der Waals surface area (Å²) in [6, 6.07) is 2.24. The number of hydrogen-bond donors (Lipinski definition) is 2. The fraction of sp³-hybridized carbons (Fsp3) is 0.571. The molecule has 0 bridgehead atoms. The highest BCUT2D eigenvalue weighted by molar-refractivity contribution is 7.99. The number of carbonyl (C=O) groups is 1. The van der Waals surface area contributed by atoms with Gasteiger partial charge in [-0.1, -0.05) is 6.92 Å². The number of carbonyl (C=O) groups excluding carboxylic acids is 1. The van der Waals surface area contributed by atoms with Crippen LogP contribution in [0.15, 0.2) is 12.3 Å². The summed E-state index contributed by atoms with van der Waals surface area (Å²) in [5, 5.41) is 6.40. The van der Waals surface area contributed by atoms with Crippen molar-refractivity contribution in [3.05, 3.63) is 23.5 Å². The normalized spacial score (nSPS) is 18.3. The molecule has 19 heavy (non-hydrogen) atoms. The molecular weight excluding hydrogens is 258 g/mol. The third-order valence-corrected chi connectivity index (χ3v) is 4.28. The lowest BCUT2D eigenvalue weighted by molar-refractivity contribution is 0.0941. The van der Waals surface area contributed by atoms with Crippen LogP contribution in [0.3, 0.4) is 0 Å². The Morgan fingerprint density at radius 2 is 2.42 bits per heavy atom. The van der Waals surface area contributed by atoms with Gasteiger partial charge in [-0.05, 0) is 31.6 Å². The van der Waals surface area contributed by atoms with Crippen LogP contribution < -0.4 is 10.6 Å². The maximum absolute atomic E-state index is 12.3. The van der Waals surface area contributed by atoms with Crippen molar-refractivity contribution in [2.75, 3.05) is 23.4 Å². The number of nitrogens with zero attached hydrogens (tertiary/aromatic N) is 1. The van der Waals surface area contributed by atoms with E-state index in [4.69, 9.17) is 0 Å². The highest BCUT2D eigenvalue weighted by atomic mass is 32.2. The SMILES string of the molecule is CCCNc1cc(C)ncc1C(=O)NC1CCSC1. The van der Waals surface area contributed by atoms with E-state index in [1.54, 1.807) is 6.20 Å². The van der Waals surface area contributed by atoms with Gasteiger partial charge in [-0.3, -0.25) is 9.78 Å². The molecule has 1 aromatic heterocycles. The van der Waals surface area contributed by atoms with E-state index in [1.165, 1.54) is 0 Å². The first-order chi connectivity index (χ1) is 9.20. The summed E-state index contributed by atoms with van der Waals surface area (Å²) in [4.78, 5) is 16.5. The van der Waals surface area contributed by atoms with Gasteiger partial charge in [-0.2, -0.15) is 11.8 Å².